The van der Waals surface area contributed by atoms with Gasteiger partial charge in [-0.05, 0) is 12.1 Å². The first-order valence-electron chi connectivity index (χ1n) is 4.44. The number of rotatable bonds is 3. The van der Waals surface area contributed by atoms with Crippen molar-refractivity contribution in [3.05, 3.63) is 30.3 Å². The van der Waals surface area contributed by atoms with E-state index in [0.29, 0.717) is 0 Å². The van der Waals surface area contributed by atoms with Gasteiger partial charge in [-0.3, -0.25) is 9.59 Å². The van der Waals surface area contributed by atoms with Crippen molar-refractivity contribution in [1.82, 2.24) is 0 Å². The largest absolute Gasteiger partial charge is 0.481 e. The van der Waals surface area contributed by atoms with Crippen molar-refractivity contribution in [3.63, 3.8) is 0 Å². The van der Waals surface area contributed by atoms with Crippen molar-refractivity contribution >= 4 is 26.5 Å². The van der Waals surface area contributed by atoms with Crippen LogP contribution in [-0.2, 0) is 14.1 Å². The minimum atomic E-state index is -1.18. The van der Waals surface area contributed by atoms with Crippen molar-refractivity contribution < 1.29 is 19.2 Å². The van der Waals surface area contributed by atoms with Crippen LogP contribution in [0.3, 0.4) is 0 Å². The Bertz CT molecular complexity index is 352. The summed E-state index contributed by atoms with van der Waals surface area (Å²) >= 11 is 0. The van der Waals surface area contributed by atoms with Crippen molar-refractivity contribution in [3.8, 4) is 0 Å². The molecule has 5 nitrogen and oxygen atoms in total. The Morgan fingerprint density at radius 2 is 1.81 bits per heavy atom. The molecule has 1 atom stereocenters. The highest BCUT2D eigenvalue weighted by Crippen LogP contribution is 1.89. The van der Waals surface area contributed by atoms with Crippen LogP contribution >= 0.6 is 0 Å². The number of carboxylic acid groups (broad SMARTS) is 1. The average molecular weight is 238 g/mol. The third-order valence-corrected chi connectivity index (χ3v) is 2.26. The number of benzene rings is 1. The predicted octanol–water partition coefficient (Wildman–Crippen LogP) is -0.446. The number of carbonyl (C=O) groups excluding carboxylic acids is 1. The van der Waals surface area contributed by atoms with Crippen LogP contribution in [0.15, 0.2) is 30.3 Å². The van der Waals surface area contributed by atoms with Gasteiger partial charge in [-0.1, -0.05) is 30.3 Å². The number of hydrogen-bond donors (Lipinski definition) is 2. The van der Waals surface area contributed by atoms with Crippen molar-refractivity contribution in [2.45, 2.75) is 6.92 Å². The molecular weight excluding hydrogens is 226 g/mol. The second kappa shape index (κ2) is 7.47. The third-order valence-electron chi connectivity index (χ3n) is 1.69. The Hall–Kier alpha value is -1.82. The molecular formula is C10H12NO4Si. The molecule has 0 heterocycles. The molecule has 1 unspecified atom stereocenters. The standard InChI is InChI=1S/C6H5OSi.C4H7NO3/c7-8-6-4-2-1-3-5-6;1-2(3(5)6)4(7)8/h1-5H;2H,1H3,(H2,5,6)(H,7,8). The summed E-state index contributed by atoms with van der Waals surface area (Å²) in [4.78, 5) is 19.8. The first kappa shape index (κ1) is 14.2. The summed E-state index contributed by atoms with van der Waals surface area (Å²) in [6, 6.07) is 9.33. The molecule has 0 aliphatic heterocycles. The zero-order valence-corrected chi connectivity index (χ0v) is 9.71. The molecule has 0 spiro atoms. The summed E-state index contributed by atoms with van der Waals surface area (Å²) in [6.45, 7) is 1.24. The van der Waals surface area contributed by atoms with Crippen LogP contribution in [0, 0.1) is 5.92 Å². The lowest BCUT2D eigenvalue weighted by Gasteiger charge is -1.95. The highest BCUT2D eigenvalue weighted by molar-refractivity contribution is 6.38. The molecule has 85 valence electrons. The average Bonchev–Trinajstić information content (AvgIpc) is 2.29. The summed E-state index contributed by atoms with van der Waals surface area (Å²) in [5, 5.41) is 8.93. The predicted molar refractivity (Wildman–Crippen MR) is 58.5 cm³/mol. The van der Waals surface area contributed by atoms with Gasteiger partial charge in [-0.15, -0.1) is 0 Å². The fourth-order valence-corrected chi connectivity index (χ4v) is 0.956. The van der Waals surface area contributed by atoms with E-state index in [4.69, 9.17) is 5.11 Å². The van der Waals surface area contributed by atoms with Crippen LogP contribution in [0.1, 0.15) is 6.92 Å². The summed E-state index contributed by atoms with van der Waals surface area (Å²) in [5.74, 6) is -3.06. The summed E-state index contributed by atoms with van der Waals surface area (Å²) < 4.78 is 10.2. The van der Waals surface area contributed by atoms with Crippen molar-refractivity contribution in [2.75, 3.05) is 0 Å². The maximum Gasteiger partial charge on any atom is 0.365 e. The molecule has 3 N–H and O–H groups in total. The van der Waals surface area contributed by atoms with E-state index < -0.39 is 17.8 Å². The summed E-state index contributed by atoms with van der Waals surface area (Å²) in [7, 11) is -0.320. The van der Waals surface area contributed by atoms with Gasteiger partial charge in [0.2, 0.25) is 5.91 Å². The van der Waals surface area contributed by atoms with E-state index in [9.17, 15) is 14.1 Å². The minimum absolute atomic E-state index is 0.320. The molecule has 1 rings (SSSR count). The second-order valence-electron chi connectivity index (χ2n) is 2.93. The fourth-order valence-electron chi connectivity index (χ4n) is 0.628. The number of nitrogens with two attached hydrogens (primary N) is 1. The van der Waals surface area contributed by atoms with Gasteiger partial charge < -0.3 is 15.3 Å². The van der Waals surface area contributed by atoms with E-state index in [1.807, 2.05) is 30.3 Å². The van der Waals surface area contributed by atoms with Gasteiger partial charge in [0, 0.05) is 0 Å². The molecule has 0 fully saturated rings. The maximum atomic E-state index is 10.2. The highest BCUT2D eigenvalue weighted by Gasteiger charge is 2.15. The fraction of sp³-hybridized carbons (Fsp3) is 0.200. The third kappa shape index (κ3) is 5.81. The smallest absolute Gasteiger partial charge is 0.365 e. The molecule has 0 bridgehead atoms. The number of amides is 1. The SMILES string of the molecule is CC(C(N)=O)C(=O)O.O=[Si]c1ccccc1. The molecule has 0 aromatic heterocycles. The van der Waals surface area contributed by atoms with Gasteiger partial charge >= 0.3 is 15.4 Å². The van der Waals surface area contributed by atoms with Crippen LogP contribution in [0.5, 0.6) is 0 Å². The number of primary amides is 1. The van der Waals surface area contributed by atoms with Crippen LogP contribution in [0.2, 0.25) is 0 Å². The minimum Gasteiger partial charge on any atom is -0.481 e. The van der Waals surface area contributed by atoms with E-state index in [0.717, 1.165) is 5.19 Å². The van der Waals surface area contributed by atoms with Gasteiger partial charge in [-0.25, -0.2) is 0 Å². The zero-order chi connectivity index (χ0) is 12.6. The summed E-state index contributed by atoms with van der Waals surface area (Å²) in [6.07, 6.45) is 0. The second-order valence-corrected chi connectivity index (χ2v) is 3.71. The van der Waals surface area contributed by atoms with Crippen LogP contribution in [-0.4, -0.2) is 26.4 Å². The van der Waals surface area contributed by atoms with E-state index in [2.05, 4.69) is 5.73 Å². The van der Waals surface area contributed by atoms with Crippen molar-refractivity contribution in [2.24, 2.45) is 11.7 Å². The van der Waals surface area contributed by atoms with E-state index in [1.54, 1.807) is 0 Å². The zero-order valence-electron chi connectivity index (χ0n) is 8.71. The normalized spacial score (nSPS) is 10.6. The highest BCUT2D eigenvalue weighted by atomic mass is 28.2. The molecule has 6 heteroatoms. The molecule has 1 aromatic carbocycles. The van der Waals surface area contributed by atoms with Crippen LogP contribution < -0.4 is 10.9 Å². The Morgan fingerprint density at radius 1 is 1.31 bits per heavy atom. The molecule has 1 aromatic rings. The molecule has 1 amide bonds. The van der Waals surface area contributed by atoms with Crippen molar-refractivity contribution in [1.29, 1.82) is 0 Å². The quantitative estimate of drug-likeness (QED) is 0.550. The topological polar surface area (TPSA) is 97.5 Å². The van der Waals surface area contributed by atoms with Crippen LogP contribution in [0.25, 0.3) is 0 Å². The van der Waals surface area contributed by atoms with E-state index in [-0.39, 0.29) is 9.41 Å². The lowest BCUT2D eigenvalue weighted by molar-refractivity contribution is -0.145. The maximum absolute atomic E-state index is 10.2. The van der Waals surface area contributed by atoms with Gasteiger partial charge in [0.05, 0.1) is 0 Å². The molecule has 0 aliphatic rings. The van der Waals surface area contributed by atoms with Gasteiger partial charge in [0.15, 0.2) is 0 Å². The summed E-state index contributed by atoms with van der Waals surface area (Å²) in [5.41, 5.74) is 4.62. The Balaban J connectivity index is 0.000000281. The molecule has 0 saturated heterocycles. The Labute approximate surface area is 95.2 Å². The molecule has 1 radical (unpaired) electrons. The van der Waals surface area contributed by atoms with E-state index >= 15 is 0 Å². The monoisotopic (exact) mass is 238 g/mol. The van der Waals surface area contributed by atoms with Gasteiger partial charge in [0.1, 0.15) is 5.92 Å². The molecule has 0 saturated carbocycles. The molecule has 16 heavy (non-hydrogen) atoms. The van der Waals surface area contributed by atoms with Gasteiger partial charge in [0.25, 0.3) is 0 Å². The Morgan fingerprint density at radius 3 is 2.00 bits per heavy atom. The Kier molecular flexibility index (Phi) is 6.62. The van der Waals surface area contributed by atoms with E-state index in [1.165, 1.54) is 6.92 Å². The molecule has 0 aliphatic carbocycles. The number of aliphatic carboxylic acids is 1. The lowest BCUT2D eigenvalue weighted by Crippen LogP contribution is -2.27. The van der Waals surface area contributed by atoms with Gasteiger partial charge in [-0.2, -0.15) is 0 Å². The van der Waals surface area contributed by atoms with Crippen LogP contribution in [0.4, 0.5) is 0 Å². The number of carbonyl (C=O) groups is 2. The first-order valence-corrected chi connectivity index (χ1v) is 5.35. The lowest BCUT2D eigenvalue weighted by atomic mass is 10.2. The number of carboxylic acids is 1. The first-order chi connectivity index (χ1) is 7.49. The number of hydrogen-bond acceptors (Lipinski definition) is 3.